The maximum atomic E-state index is 12.5. The van der Waals surface area contributed by atoms with Crippen LogP contribution in [0.15, 0.2) is 28.7 Å². The van der Waals surface area contributed by atoms with Crippen LogP contribution < -0.4 is 5.73 Å². The van der Waals surface area contributed by atoms with Crippen LogP contribution in [0, 0.1) is 0 Å². The van der Waals surface area contributed by atoms with Gasteiger partial charge in [-0.2, -0.15) is 0 Å². The van der Waals surface area contributed by atoms with Crippen molar-refractivity contribution in [2.24, 2.45) is 5.73 Å². The molecule has 2 N–H and O–H groups in total. The lowest BCUT2D eigenvalue weighted by Gasteiger charge is -2.23. The van der Waals surface area contributed by atoms with E-state index >= 15 is 0 Å². The van der Waals surface area contributed by atoms with Crippen molar-refractivity contribution in [3.8, 4) is 0 Å². The zero-order valence-electron chi connectivity index (χ0n) is 7.81. The van der Waals surface area contributed by atoms with Gasteiger partial charge in [-0.05, 0) is 25.0 Å². The first-order valence-corrected chi connectivity index (χ1v) is 5.03. The normalized spacial score (nSPS) is 15.6. The average Bonchev–Trinajstić information content (AvgIpc) is 2.08. The predicted octanol–water partition coefficient (Wildman–Crippen LogP) is 2.97. The molecule has 0 spiro atoms. The molecule has 1 atom stereocenters. The SMILES string of the molecule is CC(N)(Cc1ccccc1Br)C(F)F. The van der Waals surface area contributed by atoms with E-state index in [1.54, 1.807) is 6.07 Å². The Bertz CT molecular complexity index is 313. The minimum atomic E-state index is -2.52. The van der Waals surface area contributed by atoms with Gasteiger partial charge in [0.1, 0.15) is 0 Å². The minimum absolute atomic E-state index is 0.159. The van der Waals surface area contributed by atoms with E-state index in [2.05, 4.69) is 15.9 Å². The number of alkyl halides is 2. The van der Waals surface area contributed by atoms with E-state index in [4.69, 9.17) is 5.73 Å². The van der Waals surface area contributed by atoms with Gasteiger partial charge in [-0.1, -0.05) is 34.1 Å². The third-order valence-corrected chi connectivity index (χ3v) is 2.80. The molecular formula is C10H12BrF2N. The highest BCUT2D eigenvalue weighted by Crippen LogP contribution is 2.23. The fraction of sp³-hybridized carbons (Fsp3) is 0.400. The van der Waals surface area contributed by atoms with Crippen molar-refractivity contribution in [2.75, 3.05) is 0 Å². The number of hydrogen-bond donors (Lipinski definition) is 1. The maximum absolute atomic E-state index is 12.5. The molecular weight excluding hydrogens is 252 g/mol. The van der Waals surface area contributed by atoms with Crippen molar-refractivity contribution in [1.82, 2.24) is 0 Å². The molecule has 0 aliphatic rings. The van der Waals surface area contributed by atoms with Crippen molar-refractivity contribution in [1.29, 1.82) is 0 Å². The van der Waals surface area contributed by atoms with Crippen LogP contribution in [0.1, 0.15) is 12.5 Å². The Morgan fingerprint density at radius 1 is 1.43 bits per heavy atom. The van der Waals surface area contributed by atoms with Crippen molar-refractivity contribution < 1.29 is 8.78 Å². The van der Waals surface area contributed by atoms with Crippen LogP contribution in [0.4, 0.5) is 8.78 Å². The second kappa shape index (κ2) is 4.36. The van der Waals surface area contributed by atoms with E-state index in [1.165, 1.54) is 6.92 Å². The summed E-state index contributed by atoms with van der Waals surface area (Å²) >= 11 is 3.30. The molecule has 1 nitrogen and oxygen atoms in total. The molecule has 14 heavy (non-hydrogen) atoms. The zero-order valence-corrected chi connectivity index (χ0v) is 9.39. The summed E-state index contributed by atoms with van der Waals surface area (Å²) in [6, 6.07) is 7.25. The fourth-order valence-electron chi connectivity index (χ4n) is 1.13. The minimum Gasteiger partial charge on any atom is -0.320 e. The summed E-state index contributed by atoms with van der Waals surface area (Å²) in [7, 11) is 0. The number of hydrogen-bond acceptors (Lipinski definition) is 1. The lowest BCUT2D eigenvalue weighted by atomic mass is 9.94. The van der Waals surface area contributed by atoms with E-state index in [0.717, 1.165) is 10.0 Å². The molecule has 0 bridgehead atoms. The first kappa shape index (κ1) is 11.6. The summed E-state index contributed by atoms with van der Waals surface area (Å²) in [5.74, 6) is 0. The summed E-state index contributed by atoms with van der Waals surface area (Å²) in [4.78, 5) is 0. The largest absolute Gasteiger partial charge is 0.320 e. The summed E-state index contributed by atoms with van der Waals surface area (Å²) < 4.78 is 25.8. The molecule has 0 amide bonds. The lowest BCUT2D eigenvalue weighted by molar-refractivity contribution is 0.0638. The topological polar surface area (TPSA) is 26.0 Å². The Balaban J connectivity index is 2.84. The summed E-state index contributed by atoms with van der Waals surface area (Å²) in [6.45, 7) is 1.36. The quantitative estimate of drug-likeness (QED) is 0.892. The Morgan fingerprint density at radius 2 is 2.00 bits per heavy atom. The van der Waals surface area contributed by atoms with E-state index in [0.29, 0.717) is 0 Å². The summed E-state index contributed by atoms with van der Waals surface area (Å²) in [6.07, 6.45) is -2.36. The van der Waals surface area contributed by atoms with Gasteiger partial charge in [0.2, 0.25) is 0 Å². The van der Waals surface area contributed by atoms with Gasteiger partial charge in [0, 0.05) is 4.47 Å². The number of halogens is 3. The first-order valence-electron chi connectivity index (χ1n) is 4.24. The van der Waals surface area contributed by atoms with Crippen LogP contribution in [0.3, 0.4) is 0 Å². The predicted molar refractivity (Wildman–Crippen MR) is 56.4 cm³/mol. The van der Waals surface area contributed by atoms with E-state index in [9.17, 15) is 8.78 Å². The molecule has 0 saturated heterocycles. The molecule has 0 fully saturated rings. The highest BCUT2D eigenvalue weighted by atomic mass is 79.9. The van der Waals surface area contributed by atoms with Gasteiger partial charge < -0.3 is 5.73 Å². The summed E-state index contributed by atoms with van der Waals surface area (Å²) in [5.41, 5.74) is 4.82. The lowest BCUT2D eigenvalue weighted by Crippen LogP contribution is -2.45. The monoisotopic (exact) mass is 263 g/mol. The van der Waals surface area contributed by atoms with Crippen molar-refractivity contribution in [3.63, 3.8) is 0 Å². The second-order valence-electron chi connectivity index (χ2n) is 3.57. The molecule has 0 heterocycles. The van der Waals surface area contributed by atoms with Crippen LogP contribution >= 0.6 is 15.9 Å². The van der Waals surface area contributed by atoms with Gasteiger partial charge in [0.15, 0.2) is 0 Å². The molecule has 0 radical (unpaired) electrons. The van der Waals surface area contributed by atoms with Crippen LogP contribution in [-0.4, -0.2) is 12.0 Å². The van der Waals surface area contributed by atoms with Crippen LogP contribution in [0.5, 0.6) is 0 Å². The fourth-order valence-corrected chi connectivity index (χ4v) is 1.55. The van der Waals surface area contributed by atoms with E-state index in [-0.39, 0.29) is 6.42 Å². The molecule has 78 valence electrons. The Morgan fingerprint density at radius 3 is 2.50 bits per heavy atom. The molecule has 4 heteroatoms. The average molecular weight is 264 g/mol. The van der Waals surface area contributed by atoms with E-state index < -0.39 is 12.0 Å². The molecule has 0 aliphatic carbocycles. The van der Waals surface area contributed by atoms with Crippen LogP contribution in [0.25, 0.3) is 0 Å². The Hall–Kier alpha value is -0.480. The standard InChI is InChI=1S/C10H12BrF2N/c1-10(14,9(12)13)6-7-4-2-3-5-8(7)11/h2-5,9H,6,14H2,1H3. The summed E-state index contributed by atoms with van der Waals surface area (Å²) in [5, 5.41) is 0. The van der Waals surface area contributed by atoms with Crippen molar-refractivity contribution in [3.05, 3.63) is 34.3 Å². The van der Waals surface area contributed by atoms with Gasteiger partial charge >= 0.3 is 0 Å². The zero-order chi connectivity index (χ0) is 10.8. The van der Waals surface area contributed by atoms with Crippen molar-refractivity contribution >= 4 is 15.9 Å². The van der Waals surface area contributed by atoms with Gasteiger partial charge in [-0.15, -0.1) is 0 Å². The Labute approximate surface area is 90.4 Å². The molecule has 1 rings (SSSR count). The Kier molecular flexibility index (Phi) is 3.61. The molecule has 1 aromatic carbocycles. The van der Waals surface area contributed by atoms with Gasteiger partial charge in [-0.3, -0.25) is 0 Å². The second-order valence-corrected chi connectivity index (χ2v) is 4.43. The van der Waals surface area contributed by atoms with Gasteiger partial charge in [0.25, 0.3) is 6.43 Å². The number of nitrogens with two attached hydrogens (primary N) is 1. The molecule has 1 unspecified atom stereocenters. The van der Waals surface area contributed by atoms with Crippen LogP contribution in [-0.2, 0) is 6.42 Å². The molecule has 0 aromatic heterocycles. The van der Waals surface area contributed by atoms with Crippen molar-refractivity contribution in [2.45, 2.75) is 25.3 Å². The highest BCUT2D eigenvalue weighted by molar-refractivity contribution is 9.10. The van der Waals surface area contributed by atoms with Crippen LogP contribution in [0.2, 0.25) is 0 Å². The molecule has 1 aromatic rings. The van der Waals surface area contributed by atoms with Gasteiger partial charge in [-0.25, -0.2) is 8.78 Å². The highest BCUT2D eigenvalue weighted by Gasteiger charge is 2.30. The van der Waals surface area contributed by atoms with E-state index in [1.807, 2.05) is 18.2 Å². The third kappa shape index (κ3) is 2.75. The maximum Gasteiger partial charge on any atom is 0.256 e. The molecule has 0 aliphatic heterocycles. The number of benzene rings is 1. The molecule has 0 saturated carbocycles. The number of rotatable bonds is 3. The third-order valence-electron chi connectivity index (χ3n) is 2.03. The smallest absolute Gasteiger partial charge is 0.256 e. The first-order chi connectivity index (χ1) is 6.43. The van der Waals surface area contributed by atoms with Gasteiger partial charge in [0.05, 0.1) is 5.54 Å².